The Morgan fingerprint density at radius 3 is 2.62 bits per heavy atom. The summed E-state index contributed by atoms with van der Waals surface area (Å²) in [5.41, 5.74) is 0.00652. The minimum atomic E-state index is -1.08. The molecule has 1 saturated heterocycles. The van der Waals surface area contributed by atoms with Crippen LogP contribution in [0.15, 0.2) is 18.2 Å². The number of hydrogen-bond acceptors (Lipinski definition) is 3. The van der Waals surface area contributed by atoms with Gasteiger partial charge in [-0.05, 0) is 25.3 Å². The zero-order valence-corrected chi connectivity index (χ0v) is 14.6. The Hall–Kier alpha value is -2.51. The minimum Gasteiger partial charge on any atom is -0.480 e. The number of nitrogens with zero attached hydrogens (tertiary/aromatic N) is 2. The van der Waals surface area contributed by atoms with Crippen molar-refractivity contribution in [2.75, 3.05) is 19.6 Å². The molecule has 1 aliphatic heterocycles. The smallest absolute Gasteiger partial charge is 0.323 e. The van der Waals surface area contributed by atoms with Crippen LogP contribution in [0.3, 0.4) is 0 Å². The van der Waals surface area contributed by atoms with E-state index in [4.69, 9.17) is 5.11 Å². The molecule has 1 aromatic rings. The molecule has 1 N–H and O–H groups in total. The van der Waals surface area contributed by atoms with Crippen LogP contribution in [0, 0.1) is 11.6 Å². The van der Waals surface area contributed by atoms with E-state index in [-0.39, 0.29) is 36.4 Å². The molecule has 0 bridgehead atoms. The van der Waals surface area contributed by atoms with E-state index in [1.807, 2.05) is 0 Å². The van der Waals surface area contributed by atoms with Gasteiger partial charge in [-0.3, -0.25) is 14.4 Å². The van der Waals surface area contributed by atoms with E-state index in [1.54, 1.807) is 4.90 Å². The van der Waals surface area contributed by atoms with Crippen molar-refractivity contribution in [1.29, 1.82) is 0 Å². The Labute approximate surface area is 150 Å². The molecule has 0 saturated carbocycles. The third kappa shape index (κ3) is 5.00. The van der Waals surface area contributed by atoms with Crippen LogP contribution in [0.1, 0.15) is 31.7 Å². The lowest BCUT2D eigenvalue weighted by Crippen LogP contribution is -2.43. The molecule has 1 unspecified atom stereocenters. The molecule has 26 heavy (non-hydrogen) atoms. The van der Waals surface area contributed by atoms with E-state index in [9.17, 15) is 23.2 Å². The largest absolute Gasteiger partial charge is 0.480 e. The summed E-state index contributed by atoms with van der Waals surface area (Å²) >= 11 is 0. The molecule has 0 spiro atoms. The summed E-state index contributed by atoms with van der Waals surface area (Å²) in [6, 6.07) is 3.48. The second kappa shape index (κ2) is 8.73. The molecule has 2 rings (SSSR count). The Bertz CT molecular complexity index is 696. The van der Waals surface area contributed by atoms with Crippen molar-refractivity contribution in [1.82, 2.24) is 9.80 Å². The highest BCUT2D eigenvalue weighted by Gasteiger charge is 2.27. The second-order valence-electron chi connectivity index (χ2n) is 6.40. The number of aliphatic carboxylic acids is 1. The van der Waals surface area contributed by atoms with E-state index in [2.05, 4.69) is 0 Å². The Balaban J connectivity index is 2.01. The maximum atomic E-state index is 13.7. The molecule has 1 heterocycles. The fraction of sp³-hybridized carbons (Fsp3) is 0.500. The molecule has 1 fully saturated rings. The van der Waals surface area contributed by atoms with Gasteiger partial charge in [-0.15, -0.1) is 0 Å². The van der Waals surface area contributed by atoms with Crippen molar-refractivity contribution in [3.8, 4) is 0 Å². The highest BCUT2D eigenvalue weighted by atomic mass is 19.2. The van der Waals surface area contributed by atoms with Gasteiger partial charge in [-0.1, -0.05) is 12.1 Å². The Morgan fingerprint density at radius 1 is 1.23 bits per heavy atom. The average Bonchev–Trinajstić information content (AvgIpc) is 2.82. The van der Waals surface area contributed by atoms with Crippen LogP contribution in [0.5, 0.6) is 0 Å². The van der Waals surface area contributed by atoms with Crippen LogP contribution in [-0.4, -0.2) is 58.4 Å². The van der Waals surface area contributed by atoms with Gasteiger partial charge in [0.15, 0.2) is 11.6 Å². The SMILES string of the molecule is CC(=O)N(CC(=O)O)C1CCCN(C(=O)Cc2cccc(F)c2F)CC1. The van der Waals surface area contributed by atoms with Gasteiger partial charge in [0, 0.05) is 31.6 Å². The van der Waals surface area contributed by atoms with Gasteiger partial charge < -0.3 is 14.9 Å². The third-order valence-electron chi connectivity index (χ3n) is 4.57. The van der Waals surface area contributed by atoms with E-state index in [1.165, 1.54) is 24.0 Å². The molecular formula is C18H22F2N2O4. The molecule has 1 aliphatic rings. The van der Waals surface area contributed by atoms with Gasteiger partial charge in [0.25, 0.3) is 0 Å². The first-order chi connectivity index (χ1) is 12.3. The number of benzene rings is 1. The summed E-state index contributed by atoms with van der Waals surface area (Å²) in [4.78, 5) is 38.0. The number of hydrogen-bond donors (Lipinski definition) is 1. The number of amides is 2. The minimum absolute atomic E-state index is 0.00652. The second-order valence-corrected chi connectivity index (χ2v) is 6.40. The van der Waals surface area contributed by atoms with Gasteiger partial charge in [0.05, 0.1) is 6.42 Å². The van der Waals surface area contributed by atoms with Crippen LogP contribution >= 0.6 is 0 Å². The lowest BCUT2D eigenvalue weighted by atomic mass is 10.1. The molecular weight excluding hydrogens is 346 g/mol. The number of carbonyl (C=O) groups is 3. The highest BCUT2D eigenvalue weighted by Crippen LogP contribution is 2.19. The number of carboxylic acids is 1. The number of rotatable bonds is 5. The molecule has 142 valence electrons. The third-order valence-corrected chi connectivity index (χ3v) is 4.57. The molecule has 0 aliphatic carbocycles. The van der Waals surface area contributed by atoms with Crippen LogP contribution in [0.4, 0.5) is 8.78 Å². The van der Waals surface area contributed by atoms with E-state index in [0.717, 1.165) is 6.07 Å². The first-order valence-electron chi connectivity index (χ1n) is 8.49. The monoisotopic (exact) mass is 368 g/mol. The Morgan fingerprint density at radius 2 is 1.96 bits per heavy atom. The number of likely N-dealkylation sites (tertiary alicyclic amines) is 1. The van der Waals surface area contributed by atoms with Crippen molar-refractivity contribution in [2.24, 2.45) is 0 Å². The van der Waals surface area contributed by atoms with E-state index in [0.29, 0.717) is 32.4 Å². The van der Waals surface area contributed by atoms with Gasteiger partial charge in [0.1, 0.15) is 6.54 Å². The van der Waals surface area contributed by atoms with Crippen LogP contribution in [0.2, 0.25) is 0 Å². The van der Waals surface area contributed by atoms with Crippen LogP contribution < -0.4 is 0 Å². The predicted octanol–water partition coefficient (Wildman–Crippen LogP) is 1.82. The van der Waals surface area contributed by atoms with Crippen molar-refractivity contribution in [2.45, 2.75) is 38.6 Å². The lowest BCUT2D eigenvalue weighted by Gasteiger charge is -2.28. The van der Waals surface area contributed by atoms with E-state index < -0.39 is 17.6 Å². The van der Waals surface area contributed by atoms with Crippen molar-refractivity contribution >= 4 is 17.8 Å². The zero-order chi connectivity index (χ0) is 19.3. The maximum Gasteiger partial charge on any atom is 0.323 e. The predicted molar refractivity (Wildman–Crippen MR) is 89.3 cm³/mol. The maximum absolute atomic E-state index is 13.7. The molecule has 2 amide bonds. The van der Waals surface area contributed by atoms with Crippen molar-refractivity contribution in [3.63, 3.8) is 0 Å². The number of halogens is 2. The molecule has 0 radical (unpaired) electrons. The lowest BCUT2D eigenvalue weighted by molar-refractivity contribution is -0.145. The fourth-order valence-electron chi connectivity index (χ4n) is 3.24. The number of carbonyl (C=O) groups excluding carboxylic acids is 2. The summed E-state index contributed by atoms with van der Waals surface area (Å²) in [6.07, 6.45) is 1.40. The quantitative estimate of drug-likeness (QED) is 0.860. The summed E-state index contributed by atoms with van der Waals surface area (Å²) in [5.74, 6) is -3.73. The van der Waals surface area contributed by atoms with Crippen molar-refractivity contribution < 1.29 is 28.3 Å². The first kappa shape index (κ1) is 19.8. The molecule has 1 atom stereocenters. The summed E-state index contributed by atoms with van der Waals surface area (Å²) in [5, 5.41) is 8.96. The van der Waals surface area contributed by atoms with Gasteiger partial charge >= 0.3 is 5.97 Å². The Kier molecular flexibility index (Phi) is 6.65. The van der Waals surface area contributed by atoms with Crippen LogP contribution in [-0.2, 0) is 20.8 Å². The standard InChI is InChI=1S/C18H22F2N2O4/c1-12(23)22(11-17(25)26)14-5-3-8-21(9-7-14)16(24)10-13-4-2-6-15(19)18(13)20/h2,4,6,14H,3,5,7-11H2,1H3,(H,25,26). The van der Waals surface area contributed by atoms with Crippen molar-refractivity contribution in [3.05, 3.63) is 35.4 Å². The fourth-order valence-corrected chi connectivity index (χ4v) is 3.24. The van der Waals surface area contributed by atoms with Gasteiger partial charge in [-0.2, -0.15) is 0 Å². The summed E-state index contributed by atoms with van der Waals surface area (Å²) in [6.45, 7) is 1.72. The molecule has 6 nitrogen and oxygen atoms in total. The van der Waals surface area contributed by atoms with Gasteiger partial charge in [0.2, 0.25) is 11.8 Å². The molecule has 0 aromatic heterocycles. The molecule has 1 aromatic carbocycles. The average molecular weight is 368 g/mol. The summed E-state index contributed by atoms with van der Waals surface area (Å²) in [7, 11) is 0. The summed E-state index contributed by atoms with van der Waals surface area (Å²) < 4.78 is 27.0. The zero-order valence-electron chi connectivity index (χ0n) is 14.6. The van der Waals surface area contributed by atoms with E-state index >= 15 is 0 Å². The normalized spacial score (nSPS) is 17.5. The number of carboxylic acid groups (broad SMARTS) is 1. The topological polar surface area (TPSA) is 77.9 Å². The van der Waals surface area contributed by atoms with Crippen LogP contribution in [0.25, 0.3) is 0 Å². The highest BCUT2D eigenvalue weighted by molar-refractivity contribution is 5.80. The molecule has 8 heteroatoms. The first-order valence-corrected chi connectivity index (χ1v) is 8.49. The van der Waals surface area contributed by atoms with Gasteiger partial charge in [-0.25, -0.2) is 8.78 Å².